The molecule has 0 spiro atoms. The van der Waals surface area contributed by atoms with Gasteiger partial charge in [-0.2, -0.15) is 0 Å². The van der Waals surface area contributed by atoms with Crippen LogP contribution in [0.25, 0.3) is 22.3 Å². The predicted molar refractivity (Wildman–Crippen MR) is 122 cm³/mol. The molecule has 5 nitrogen and oxygen atoms in total. The topological polar surface area (TPSA) is 79.9 Å². The van der Waals surface area contributed by atoms with E-state index in [-0.39, 0.29) is 17.1 Å². The number of carbonyl (C=O) groups is 1. The summed E-state index contributed by atoms with van der Waals surface area (Å²) in [6.45, 7) is 3.45. The lowest BCUT2D eigenvalue weighted by Crippen LogP contribution is -2.17. The summed E-state index contributed by atoms with van der Waals surface area (Å²) < 4.78 is 24.8. The molecule has 0 aliphatic heterocycles. The molecule has 1 saturated carbocycles. The maximum absolute atomic E-state index is 13.1. The third-order valence-electron chi connectivity index (χ3n) is 5.92. The average Bonchev–Trinajstić information content (AvgIpc) is 3.54. The Morgan fingerprint density at radius 3 is 2.18 bits per heavy atom. The second-order valence-electron chi connectivity index (χ2n) is 8.96. The second-order valence-corrected chi connectivity index (χ2v) is 8.96. The van der Waals surface area contributed by atoms with E-state index in [1.807, 2.05) is 6.07 Å². The Labute approximate surface area is 190 Å². The molecule has 2 N–H and O–H groups in total. The van der Waals surface area contributed by atoms with E-state index in [0.717, 1.165) is 24.0 Å². The fourth-order valence-corrected chi connectivity index (χ4v) is 4.15. The highest BCUT2D eigenvalue weighted by Gasteiger charge is 2.33. The SMILES string of the molecule is CC(C)(O)c1cc2oc(-c3ccc(Oc4ccc(F)cc4)cc3)c(C(=O)O)c2cc1C1CC1. The lowest BCUT2D eigenvalue weighted by Gasteiger charge is -2.21. The molecular formula is C27H23FO5. The highest BCUT2D eigenvalue weighted by atomic mass is 19.1. The summed E-state index contributed by atoms with van der Waals surface area (Å²) in [6, 6.07) is 16.2. The van der Waals surface area contributed by atoms with E-state index in [0.29, 0.717) is 33.9 Å². The zero-order valence-electron chi connectivity index (χ0n) is 18.3. The van der Waals surface area contributed by atoms with Crippen molar-refractivity contribution < 1.29 is 28.6 Å². The minimum absolute atomic E-state index is 0.0985. The van der Waals surface area contributed by atoms with Crippen molar-refractivity contribution in [2.75, 3.05) is 0 Å². The molecule has 0 radical (unpaired) electrons. The third-order valence-corrected chi connectivity index (χ3v) is 5.92. The summed E-state index contributed by atoms with van der Waals surface area (Å²) in [6.07, 6.45) is 2.05. The number of ether oxygens (including phenoxy) is 1. The van der Waals surface area contributed by atoms with Crippen LogP contribution in [0.3, 0.4) is 0 Å². The van der Waals surface area contributed by atoms with Crippen LogP contribution in [0.2, 0.25) is 0 Å². The standard InChI is InChI=1S/C27H23FO5/c1-27(2,31)22-14-23-21(13-20(22)15-3-4-15)24(26(29)30)25(33-23)16-5-9-18(10-6-16)32-19-11-7-17(28)8-12-19/h5-15,31H,3-4H2,1-2H3,(H,29,30). The second kappa shape index (κ2) is 7.74. The van der Waals surface area contributed by atoms with Crippen LogP contribution in [0, 0.1) is 5.82 Å². The molecule has 1 aliphatic rings. The van der Waals surface area contributed by atoms with Gasteiger partial charge in [0.05, 0.1) is 5.60 Å². The molecule has 1 aliphatic carbocycles. The fourth-order valence-electron chi connectivity index (χ4n) is 4.15. The summed E-state index contributed by atoms with van der Waals surface area (Å²) in [4.78, 5) is 12.2. The molecule has 0 amide bonds. The highest BCUT2D eigenvalue weighted by molar-refractivity contribution is 6.08. The van der Waals surface area contributed by atoms with Crippen molar-refractivity contribution in [2.45, 2.75) is 38.2 Å². The molecule has 0 unspecified atom stereocenters. The Kier molecular flexibility index (Phi) is 4.98. The van der Waals surface area contributed by atoms with E-state index in [1.165, 1.54) is 24.3 Å². The molecule has 3 aromatic carbocycles. The first kappa shape index (κ1) is 21.2. The van der Waals surface area contributed by atoms with Crippen LogP contribution >= 0.6 is 0 Å². The van der Waals surface area contributed by atoms with Crippen molar-refractivity contribution in [1.29, 1.82) is 0 Å². The van der Waals surface area contributed by atoms with Crippen molar-refractivity contribution in [1.82, 2.24) is 0 Å². The van der Waals surface area contributed by atoms with Gasteiger partial charge in [0.25, 0.3) is 0 Å². The van der Waals surface area contributed by atoms with Gasteiger partial charge in [-0.1, -0.05) is 0 Å². The molecule has 0 bridgehead atoms. The quantitative estimate of drug-likeness (QED) is 0.339. The van der Waals surface area contributed by atoms with Gasteiger partial charge in [0.2, 0.25) is 0 Å². The van der Waals surface area contributed by atoms with Gasteiger partial charge in [0.15, 0.2) is 0 Å². The van der Waals surface area contributed by atoms with Gasteiger partial charge >= 0.3 is 5.97 Å². The first-order chi connectivity index (χ1) is 15.7. The number of fused-ring (bicyclic) bond motifs is 1. The molecule has 0 atom stereocenters. The van der Waals surface area contributed by atoms with Crippen molar-refractivity contribution in [3.05, 3.63) is 83.2 Å². The molecule has 5 rings (SSSR count). The summed E-state index contributed by atoms with van der Waals surface area (Å²) in [5.41, 5.74) is 1.79. The number of rotatable bonds is 6. The Morgan fingerprint density at radius 1 is 1.03 bits per heavy atom. The molecular weight excluding hydrogens is 423 g/mol. The summed E-state index contributed by atoms with van der Waals surface area (Å²) in [5.74, 6) is 0.179. The maximum atomic E-state index is 13.1. The van der Waals surface area contributed by atoms with E-state index in [2.05, 4.69) is 0 Å². The number of aromatic carboxylic acids is 1. The van der Waals surface area contributed by atoms with Gasteiger partial charge in [-0.3, -0.25) is 0 Å². The molecule has 168 valence electrons. The minimum Gasteiger partial charge on any atom is -0.478 e. The molecule has 1 aromatic heterocycles. The first-order valence-electron chi connectivity index (χ1n) is 10.8. The highest BCUT2D eigenvalue weighted by Crippen LogP contribution is 2.47. The average molecular weight is 446 g/mol. The lowest BCUT2D eigenvalue weighted by molar-refractivity contribution is 0.0698. The normalized spacial score (nSPS) is 13.9. The van der Waals surface area contributed by atoms with Crippen LogP contribution < -0.4 is 4.74 Å². The summed E-state index contributed by atoms with van der Waals surface area (Å²) in [5, 5.41) is 21.2. The number of furan rings is 1. The monoisotopic (exact) mass is 446 g/mol. The number of benzene rings is 3. The zero-order chi connectivity index (χ0) is 23.3. The van der Waals surface area contributed by atoms with Crippen LogP contribution in [-0.2, 0) is 5.60 Å². The summed E-state index contributed by atoms with van der Waals surface area (Å²) >= 11 is 0. The van der Waals surface area contributed by atoms with Crippen LogP contribution in [-0.4, -0.2) is 16.2 Å². The van der Waals surface area contributed by atoms with Crippen molar-refractivity contribution in [3.63, 3.8) is 0 Å². The Bertz CT molecular complexity index is 1340. The number of halogens is 1. The van der Waals surface area contributed by atoms with Gasteiger partial charge in [-0.05, 0) is 104 Å². The lowest BCUT2D eigenvalue weighted by atomic mass is 9.89. The van der Waals surface area contributed by atoms with Crippen LogP contribution in [0.5, 0.6) is 11.5 Å². The molecule has 6 heteroatoms. The minimum atomic E-state index is -1.08. The van der Waals surface area contributed by atoms with Gasteiger partial charge in [0.1, 0.15) is 34.2 Å². The molecule has 1 fully saturated rings. The molecule has 33 heavy (non-hydrogen) atoms. The van der Waals surface area contributed by atoms with Crippen LogP contribution in [0.4, 0.5) is 4.39 Å². The van der Waals surface area contributed by atoms with Crippen molar-refractivity contribution in [3.8, 4) is 22.8 Å². The van der Waals surface area contributed by atoms with E-state index < -0.39 is 11.6 Å². The van der Waals surface area contributed by atoms with Gasteiger partial charge < -0.3 is 19.4 Å². The maximum Gasteiger partial charge on any atom is 0.340 e. The van der Waals surface area contributed by atoms with E-state index in [4.69, 9.17) is 9.15 Å². The van der Waals surface area contributed by atoms with E-state index in [9.17, 15) is 19.4 Å². The predicted octanol–water partition coefficient (Wildman–Crippen LogP) is 6.83. The Morgan fingerprint density at radius 2 is 1.64 bits per heavy atom. The van der Waals surface area contributed by atoms with Crippen LogP contribution in [0.15, 0.2) is 65.1 Å². The summed E-state index contributed by atoms with van der Waals surface area (Å²) in [7, 11) is 0. The third kappa shape index (κ3) is 4.10. The van der Waals surface area contributed by atoms with Gasteiger partial charge in [-0.25, -0.2) is 9.18 Å². The number of hydrogen-bond donors (Lipinski definition) is 2. The number of aliphatic hydroxyl groups is 1. The molecule has 0 saturated heterocycles. The molecule has 1 heterocycles. The fraction of sp³-hybridized carbons (Fsp3) is 0.222. The largest absolute Gasteiger partial charge is 0.478 e. The number of hydrogen-bond acceptors (Lipinski definition) is 4. The van der Waals surface area contributed by atoms with Crippen molar-refractivity contribution in [2.24, 2.45) is 0 Å². The van der Waals surface area contributed by atoms with Crippen molar-refractivity contribution >= 4 is 16.9 Å². The Balaban J connectivity index is 1.56. The smallest absolute Gasteiger partial charge is 0.340 e. The number of carboxylic acid groups (broad SMARTS) is 1. The van der Waals surface area contributed by atoms with E-state index in [1.54, 1.807) is 44.2 Å². The van der Waals surface area contributed by atoms with E-state index >= 15 is 0 Å². The van der Waals surface area contributed by atoms with Crippen LogP contribution in [0.1, 0.15) is 54.1 Å². The number of carboxylic acids is 1. The first-order valence-corrected chi connectivity index (χ1v) is 10.8. The van der Waals surface area contributed by atoms with Gasteiger partial charge in [-0.15, -0.1) is 0 Å². The molecule has 4 aromatic rings. The zero-order valence-corrected chi connectivity index (χ0v) is 18.3. The Hall–Kier alpha value is -3.64. The van der Waals surface area contributed by atoms with Gasteiger partial charge in [0, 0.05) is 10.9 Å².